The van der Waals surface area contributed by atoms with E-state index >= 15 is 0 Å². The number of nitrogens with zero attached hydrogens (tertiary/aromatic N) is 2. The first-order chi connectivity index (χ1) is 8.11. The van der Waals surface area contributed by atoms with E-state index in [0.717, 1.165) is 29.0 Å². The molecule has 0 spiro atoms. The van der Waals surface area contributed by atoms with Crippen molar-refractivity contribution in [1.29, 1.82) is 0 Å². The van der Waals surface area contributed by atoms with E-state index in [0.29, 0.717) is 0 Å². The third kappa shape index (κ3) is 2.60. The Balaban J connectivity index is 2.16. The van der Waals surface area contributed by atoms with Crippen molar-refractivity contribution in [3.05, 3.63) is 10.6 Å². The number of hydrogen-bond acceptors (Lipinski definition) is 4. The molecule has 0 amide bonds. The van der Waals surface area contributed by atoms with Crippen molar-refractivity contribution < 1.29 is 9.90 Å². The molecular weight excluding hydrogens is 236 g/mol. The first-order valence-electron chi connectivity index (χ1n) is 6.07. The van der Waals surface area contributed by atoms with Gasteiger partial charge in [0.15, 0.2) is 10.8 Å². The van der Waals surface area contributed by atoms with Crippen LogP contribution in [-0.4, -0.2) is 29.1 Å². The lowest BCUT2D eigenvalue weighted by molar-refractivity contribution is 0.0690. The van der Waals surface area contributed by atoms with E-state index in [9.17, 15) is 4.79 Å². The van der Waals surface area contributed by atoms with Gasteiger partial charge in [-0.1, -0.05) is 13.3 Å². The minimum Gasteiger partial charge on any atom is -0.476 e. The SMILES string of the molecule is CCC1CCCN(c2nc(C(=O)O)c(C)s2)C1. The average Bonchev–Trinajstić information content (AvgIpc) is 2.71. The summed E-state index contributed by atoms with van der Waals surface area (Å²) in [6, 6.07) is 0. The molecule has 0 bridgehead atoms. The van der Waals surface area contributed by atoms with E-state index < -0.39 is 5.97 Å². The normalized spacial score (nSPS) is 20.6. The second kappa shape index (κ2) is 5.04. The summed E-state index contributed by atoms with van der Waals surface area (Å²) >= 11 is 1.50. The van der Waals surface area contributed by atoms with E-state index in [1.165, 1.54) is 30.6 Å². The van der Waals surface area contributed by atoms with E-state index in [4.69, 9.17) is 5.11 Å². The van der Waals surface area contributed by atoms with Gasteiger partial charge in [-0.25, -0.2) is 9.78 Å². The molecule has 1 atom stereocenters. The molecule has 1 unspecified atom stereocenters. The van der Waals surface area contributed by atoms with Crippen molar-refractivity contribution in [1.82, 2.24) is 4.98 Å². The van der Waals surface area contributed by atoms with Gasteiger partial charge < -0.3 is 10.0 Å². The molecule has 2 rings (SSSR count). The molecule has 1 saturated heterocycles. The molecule has 4 nitrogen and oxygen atoms in total. The predicted octanol–water partition coefficient (Wildman–Crippen LogP) is 2.78. The minimum atomic E-state index is -0.922. The van der Waals surface area contributed by atoms with Crippen molar-refractivity contribution >= 4 is 22.4 Å². The highest BCUT2D eigenvalue weighted by atomic mass is 32.1. The van der Waals surface area contributed by atoms with E-state index in [1.54, 1.807) is 0 Å². The zero-order valence-electron chi connectivity index (χ0n) is 10.3. The number of aromatic carboxylic acids is 1. The zero-order valence-corrected chi connectivity index (χ0v) is 11.1. The number of piperidine rings is 1. The van der Waals surface area contributed by atoms with Crippen molar-refractivity contribution in [3.8, 4) is 0 Å². The summed E-state index contributed by atoms with van der Waals surface area (Å²) in [7, 11) is 0. The number of aryl methyl sites for hydroxylation is 1. The monoisotopic (exact) mass is 254 g/mol. The summed E-state index contributed by atoms with van der Waals surface area (Å²) in [5, 5.41) is 9.87. The molecule has 1 aromatic rings. The predicted molar refractivity (Wildman–Crippen MR) is 69.0 cm³/mol. The number of rotatable bonds is 3. The van der Waals surface area contributed by atoms with Crippen LogP contribution in [0.25, 0.3) is 0 Å². The van der Waals surface area contributed by atoms with Crippen molar-refractivity contribution in [2.75, 3.05) is 18.0 Å². The molecule has 1 N–H and O–H groups in total. The largest absolute Gasteiger partial charge is 0.476 e. The molecule has 1 aliphatic rings. The Labute approximate surface area is 105 Å². The summed E-state index contributed by atoms with van der Waals surface area (Å²) in [6.45, 7) is 6.06. The number of hydrogen-bond donors (Lipinski definition) is 1. The maximum atomic E-state index is 11.0. The molecule has 2 heterocycles. The van der Waals surface area contributed by atoms with Gasteiger partial charge in [0.1, 0.15) is 0 Å². The molecule has 17 heavy (non-hydrogen) atoms. The second-order valence-electron chi connectivity index (χ2n) is 4.57. The summed E-state index contributed by atoms with van der Waals surface area (Å²) in [5.41, 5.74) is 0.212. The second-order valence-corrected chi connectivity index (χ2v) is 5.75. The molecule has 94 valence electrons. The molecule has 5 heteroatoms. The molecule has 0 saturated carbocycles. The molecule has 1 aromatic heterocycles. The fourth-order valence-electron chi connectivity index (χ4n) is 2.29. The number of thiazole rings is 1. The highest BCUT2D eigenvalue weighted by Gasteiger charge is 2.23. The molecule has 1 aliphatic heterocycles. The van der Waals surface area contributed by atoms with E-state index in [-0.39, 0.29) is 5.69 Å². The third-order valence-electron chi connectivity index (χ3n) is 3.35. The highest BCUT2D eigenvalue weighted by Crippen LogP contribution is 2.30. The quantitative estimate of drug-likeness (QED) is 0.901. The number of aromatic nitrogens is 1. The van der Waals surface area contributed by atoms with Gasteiger partial charge in [-0.15, -0.1) is 11.3 Å². The zero-order chi connectivity index (χ0) is 12.4. The van der Waals surface area contributed by atoms with E-state index in [2.05, 4.69) is 16.8 Å². The molecule has 0 aromatic carbocycles. The minimum absolute atomic E-state index is 0.212. The lowest BCUT2D eigenvalue weighted by Gasteiger charge is -2.31. The molecule has 0 radical (unpaired) electrons. The number of anilines is 1. The first kappa shape index (κ1) is 12.4. The molecule has 1 fully saturated rings. The Morgan fingerprint density at radius 1 is 1.65 bits per heavy atom. The summed E-state index contributed by atoms with van der Waals surface area (Å²) in [5.74, 6) is -0.199. The Hall–Kier alpha value is -1.10. The van der Waals surface area contributed by atoms with Crippen LogP contribution < -0.4 is 4.90 Å². The number of carbonyl (C=O) groups is 1. The van der Waals surface area contributed by atoms with Crippen LogP contribution in [0.3, 0.4) is 0 Å². The number of carboxylic acid groups (broad SMARTS) is 1. The van der Waals surface area contributed by atoms with Gasteiger partial charge in [0.2, 0.25) is 0 Å². The standard InChI is InChI=1S/C12H18N2O2S/c1-3-9-5-4-6-14(7-9)12-13-10(11(15)16)8(2)17-12/h9H,3-7H2,1-2H3,(H,15,16). The first-order valence-corrected chi connectivity index (χ1v) is 6.89. The maximum absolute atomic E-state index is 11.0. The Bertz CT molecular complexity index is 417. The maximum Gasteiger partial charge on any atom is 0.355 e. The van der Waals surface area contributed by atoms with Gasteiger partial charge in [-0.3, -0.25) is 0 Å². The van der Waals surface area contributed by atoms with Crippen molar-refractivity contribution in [3.63, 3.8) is 0 Å². The van der Waals surface area contributed by atoms with Crippen LogP contribution in [0.4, 0.5) is 5.13 Å². The van der Waals surface area contributed by atoms with E-state index in [1.807, 2.05) is 6.92 Å². The summed E-state index contributed by atoms with van der Waals surface area (Å²) < 4.78 is 0. The average molecular weight is 254 g/mol. The highest BCUT2D eigenvalue weighted by molar-refractivity contribution is 7.15. The smallest absolute Gasteiger partial charge is 0.355 e. The molecular formula is C12H18N2O2S. The lowest BCUT2D eigenvalue weighted by atomic mass is 9.96. The van der Waals surface area contributed by atoms with Crippen LogP contribution in [-0.2, 0) is 0 Å². The summed E-state index contributed by atoms with van der Waals surface area (Å²) in [6.07, 6.45) is 3.65. The van der Waals surface area contributed by atoms with Gasteiger partial charge in [-0.05, 0) is 25.7 Å². The van der Waals surface area contributed by atoms with Gasteiger partial charge in [0.25, 0.3) is 0 Å². The van der Waals surface area contributed by atoms with Crippen LogP contribution in [0.5, 0.6) is 0 Å². The van der Waals surface area contributed by atoms with Crippen LogP contribution in [0.15, 0.2) is 0 Å². The Morgan fingerprint density at radius 2 is 2.41 bits per heavy atom. The topological polar surface area (TPSA) is 53.4 Å². The summed E-state index contributed by atoms with van der Waals surface area (Å²) in [4.78, 5) is 18.2. The van der Waals surface area contributed by atoms with Crippen molar-refractivity contribution in [2.45, 2.75) is 33.1 Å². The van der Waals surface area contributed by atoms with Crippen LogP contribution in [0.2, 0.25) is 0 Å². The lowest BCUT2D eigenvalue weighted by Crippen LogP contribution is -2.35. The van der Waals surface area contributed by atoms with Gasteiger partial charge in [0.05, 0.1) is 0 Å². The van der Waals surface area contributed by atoms with Crippen LogP contribution >= 0.6 is 11.3 Å². The van der Waals surface area contributed by atoms with Gasteiger partial charge in [-0.2, -0.15) is 0 Å². The number of carboxylic acids is 1. The van der Waals surface area contributed by atoms with Crippen LogP contribution in [0, 0.1) is 12.8 Å². The third-order valence-corrected chi connectivity index (χ3v) is 4.39. The Kier molecular flexibility index (Phi) is 3.66. The van der Waals surface area contributed by atoms with Gasteiger partial charge >= 0.3 is 5.97 Å². The Morgan fingerprint density at radius 3 is 3.00 bits per heavy atom. The van der Waals surface area contributed by atoms with Crippen molar-refractivity contribution in [2.24, 2.45) is 5.92 Å². The fourth-order valence-corrected chi connectivity index (χ4v) is 3.22. The molecule has 0 aliphatic carbocycles. The van der Waals surface area contributed by atoms with Gasteiger partial charge in [0, 0.05) is 18.0 Å². The van der Waals surface area contributed by atoms with Crippen LogP contribution in [0.1, 0.15) is 41.6 Å². The fraction of sp³-hybridized carbons (Fsp3) is 0.667.